The Kier molecular flexibility index (Phi) is 6.49. The minimum Gasteiger partial charge on any atom is -1.00 e. The van der Waals surface area contributed by atoms with Crippen LogP contribution in [0.25, 0.3) is 0 Å². The number of hydrogen-bond donors (Lipinski definition) is 0. The summed E-state index contributed by atoms with van der Waals surface area (Å²) in [6.07, 6.45) is 0. The van der Waals surface area contributed by atoms with Crippen molar-refractivity contribution in [1.82, 2.24) is 0 Å². The molecule has 0 saturated carbocycles. The summed E-state index contributed by atoms with van der Waals surface area (Å²) in [4.78, 5) is 0. The molecule has 0 spiro atoms. The number of furan rings is 1. The Labute approximate surface area is 97.5 Å². The molecule has 0 unspecified atom stereocenters. The van der Waals surface area contributed by atoms with Crippen LogP contribution in [0.1, 0.15) is 5.76 Å². The van der Waals surface area contributed by atoms with E-state index >= 15 is 0 Å². The molecule has 0 aliphatic carbocycles. The average Bonchev–Trinajstić information content (AvgIpc) is 2.11. The Morgan fingerprint density at radius 1 is 1.25 bits per heavy atom. The zero-order valence-electron chi connectivity index (χ0n) is 7.86. The van der Waals surface area contributed by atoms with Gasteiger partial charge >= 0.3 is 23.1 Å². The first-order valence-electron chi connectivity index (χ1n) is 3.42. The number of rotatable bonds is 1. The summed E-state index contributed by atoms with van der Waals surface area (Å²) in [7, 11) is -1.22. The van der Waals surface area contributed by atoms with E-state index in [1.54, 1.807) is 0 Å². The largest absolute Gasteiger partial charge is 2.00 e. The van der Waals surface area contributed by atoms with Gasteiger partial charge in [-0.15, -0.1) is 6.07 Å². The molecule has 1 heterocycles. The van der Waals surface area contributed by atoms with Crippen molar-refractivity contribution >= 4 is 36.5 Å². The maximum absolute atomic E-state index is 5.40. The van der Waals surface area contributed by atoms with Crippen molar-refractivity contribution in [1.29, 1.82) is 0 Å². The van der Waals surface area contributed by atoms with Crippen molar-refractivity contribution in [3.8, 4) is 0 Å². The first kappa shape index (κ1) is 14.9. The predicted molar refractivity (Wildman–Crippen MR) is 51.9 cm³/mol. The molecule has 64 valence electrons. The fraction of sp³-hybridized carbons (Fsp3) is 0.375. The second-order valence-corrected chi connectivity index (χ2v) is 8.51. The first-order chi connectivity index (χ1) is 4.50. The minimum atomic E-state index is -1.22. The Morgan fingerprint density at radius 2 is 1.75 bits per heavy atom. The van der Waals surface area contributed by atoms with E-state index in [1.165, 1.54) is 0 Å². The maximum Gasteiger partial charge on any atom is 2.00 e. The summed E-state index contributed by atoms with van der Waals surface area (Å²) in [5, 5.41) is 1.14. The van der Waals surface area contributed by atoms with Gasteiger partial charge < -0.3 is 16.8 Å². The zero-order valence-corrected chi connectivity index (χ0v) is 11.0. The molecule has 0 atom stereocenters. The molecule has 1 aromatic rings. The fourth-order valence-corrected chi connectivity index (χ4v) is 1.80. The van der Waals surface area contributed by atoms with Gasteiger partial charge in [-0.05, 0) is 5.76 Å². The third kappa shape index (κ3) is 3.89. The van der Waals surface area contributed by atoms with Gasteiger partial charge in [0.2, 0.25) is 0 Å². The molecule has 0 aliphatic heterocycles. The molecule has 1 aromatic heterocycles. The van der Waals surface area contributed by atoms with Crippen LogP contribution in [0.5, 0.6) is 0 Å². The molecule has 4 heteroatoms. The van der Waals surface area contributed by atoms with Crippen LogP contribution in [0.3, 0.4) is 0 Å². The van der Waals surface area contributed by atoms with Crippen LogP contribution in [0.2, 0.25) is 19.6 Å². The Hall–Kier alpha value is 0.423. The van der Waals surface area contributed by atoms with E-state index in [9.17, 15) is 0 Å². The van der Waals surface area contributed by atoms with E-state index < -0.39 is 8.07 Å². The molecule has 0 aliphatic rings. The predicted octanol–water partition coefficient (Wildman–Crippen LogP) is -1.37. The van der Waals surface area contributed by atoms with Gasteiger partial charge in [-0.2, -0.15) is 6.07 Å². The van der Waals surface area contributed by atoms with Crippen molar-refractivity contribution in [2.45, 2.75) is 19.6 Å². The van der Waals surface area contributed by atoms with Crippen LogP contribution in [0.15, 0.2) is 16.5 Å². The monoisotopic (exact) mass is 212 g/mol. The van der Waals surface area contributed by atoms with E-state index in [2.05, 4.69) is 26.6 Å². The van der Waals surface area contributed by atoms with E-state index in [0.29, 0.717) is 0 Å². The van der Waals surface area contributed by atoms with Crippen molar-refractivity contribution < 1.29 is 16.8 Å². The molecule has 0 radical (unpaired) electrons. The van der Waals surface area contributed by atoms with Crippen molar-refractivity contribution in [2.24, 2.45) is 0 Å². The summed E-state index contributed by atoms with van der Waals surface area (Å²) in [5.41, 5.74) is 0. The molecular formula is C8H13ClMgOSi. The SMILES string of the molecule is [CH2-]c1ccc([Si](C)(C)C)o1.[Cl-].[Mg+2]. The molecule has 0 N–H and O–H groups in total. The summed E-state index contributed by atoms with van der Waals surface area (Å²) in [6, 6.07) is 3.96. The second-order valence-electron chi connectivity index (χ2n) is 3.52. The second kappa shape index (κ2) is 5.22. The van der Waals surface area contributed by atoms with Crippen molar-refractivity contribution in [3.63, 3.8) is 0 Å². The Morgan fingerprint density at radius 3 is 1.92 bits per heavy atom. The average molecular weight is 213 g/mol. The van der Waals surface area contributed by atoms with E-state index in [1.807, 2.05) is 12.1 Å². The quantitative estimate of drug-likeness (QED) is 0.414. The normalized spacial score (nSPS) is 9.92. The van der Waals surface area contributed by atoms with Crippen LogP contribution < -0.4 is 17.8 Å². The van der Waals surface area contributed by atoms with E-state index in [-0.39, 0.29) is 35.5 Å². The third-order valence-electron chi connectivity index (χ3n) is 1.40. The molecule has 0 aromatic carbocycles. The minimum absolute atomic E-state index is 0. The molecule has 0 amide bonds. The molecule has 1 rings (SSSR count). The van der Waals surface area contributed by atoms with Gasteiger partial charge in [0.1, 0.15) is 8.07 Å². The molecular weight excluding hydrogens is 200 g/mol. The van der Waals surface area contributed by atoms with Crippen LogP contribution in [0, 0.1) is 6.92 Å². The van der Waals surface area contributed by atoms with Gasteiger partial charge in [0.05, 0.1) is 5.38 Å². The molecule has 0 fully saturated rings. The number of hydrogen-bond acceptors (Lipinski definition) is 1. The summed E-state index contributed by atoms with van der Waals surface area (Å²) < 4.78 is 5.40. The third-order valence-corrected chi connectivity index (χ3v) is 3.15. The zero-order chi connectivity index (χ0) is 7.78. The Bertz CT molecular complexity index is 229. The standard InChI is InChI=1S/C8H13OSi.ClH.Mg/c1-7-5-6-8(9-7)10(2,3)4;;/h5-6H,1H2,2-4H3;1H;/q-1;;+2/p-1. The van der Waals surface area contributed by atoms with Crippen LogP contribution >= 0.6 is 0 Å². The van der Waals surface area contributed by atoms with Gasteiger partial charge in [-0.25, -0.2) is 6.92 Å². The van der Waals surface area contributed by atoms with Gasteiger partial charge in [-0.1, -0.05) is 19.6 Å². The fourth-order valence-electron chi connectivity index (χ4n) is 0.781. The first-order valence-corrected chi connectivity index (χ1v) is 6.92. The summed E-state index contributed by atoms with van der Waals surface area (Å²) in [6.45, 7) is 10.5. The van der Waals surface area contributed by atoms with Crippen LogP contribution in [0.4, 0.5) is 0 Å². The molecule has 0 bridgehead atoms. The van der Waals surface area contributed by atoms with E-state index in [4.69, 9.17) is 4.42 Å². The molecule has 0 saturated heterocycles. The Balaban J connectivity index is 0. The van der Waals surface area contributed by atoms with Gasteiger partial charge in [0, 0.05) is 0 Å². The van der Waals surface area contributed by atoms with Crippen LogP contribution in [-0.2, 0) is 0 Å². The van der Waals surface area contributed by atoms with Crippen molar-refractivity contribution in [3.05, 3.63) is 24.8 Å². The molecule has 12 heavy (non-hydrogen) atoms. The van der Waals surface area contributed by atoms with Gasteiger partial charge in [-0.3, -0.25) is 0 Å². The smallest absolute Gasteiger partial charge is 1.00 e. The number of halogens is 1. The van der Waals surface area contributed by atoms with Crippen molar-refractivity contribution in [2.75, 3.05) is 0 Å². The van der Waals surface area contributed by atoms with E-state index in [0.717, 1.165) is 11.1 Å². The summed E-state index contributed by atoms with van der Waals surface area (Å²) >= 11 is 0. The topological polar surface area (TPSA) is 13.1 Å². The summed E-state index contributed by atoms with van der Waals surface area (Å²) in [5.74, 6) is 0.775. The van der Waals surface area contributed by atoms with Gasteiger partial charge in [0.25, 0.3) is 0 Å². The van der Waals surface area contributed by atoms with Gasteiger partial charge in [0.15, 0.2) is 0 Å². The van der Waals surface area contributed by atoms with Crippen LogP contribution in [-0.4, -0.2) is 31.1 Å². The maximum atomic E-state index is 5.40. The molecule has 1 nitrogen and oxygen atoms in total.